The van der Waals surface area contributed by atoms with Crippen molar-refractivity contribution in [3.63, 3.8) is 0 Å². The van der Waals surface area contributed by atoms with Crippen molar-refractivity contribution in [3.05, 3.63) is 0 Å². The summed E-state index contributed by atoms with van der Waals surface area (Å²) in [5, 5.41) is 0. The molecule has 0 spiro atoms. The maximum Gasteiger partial charge on any atom is 0.000674 e. The quantitative estimate of drug-likeness (QED) is 0.497. The molecule has 10 heavy (non-hydrogen) atoms. The third-order valence-corrected chi connectivity index (χ3v) is 2.99. The van der Waals surface area contributed by atoms with Crippen molar-refractivity contribution in [2.75, 3.05) is 20.1 Å². The molecule has 1 nitrogen and oxygen atoms in total. The smallest absolute Gasteiger partial charge is 0.000674 e. The van der Waals surface area contributed by atoms with E-state index in [-0.39, 0.29) is 0 Å². The van der Waals surface area contributed by atoms with Crippen molar-refractivity contribution >= 4 is 0 Å². The Labute approximate surface area is 64.4 Å². The van der Waals surface area contributed by atoms with Crippen LogP contribution in [0, 0.1) is 17.8 Å². The van der Waals surface area contributed by atoms with E-state index in [1.54, 1.807) is 0 Å². The van der Waals surface area contributed by atoms with Crippen LogP contribution in [0.5, 0.6) is 0 Å². The predicted octanol–water partition coefficient (Wildman–Crippen LogP) is 1.84. The van der Waals surface area contributed by atoms with E-state index in [1.165, 1.54) is 13.1 Å². The molecule has 1 rings (SSSR count). The normalized spacial score (nSPS) is 43.8. The lowest BCUT2D eigenvalue weighted by atomic mass is 9.81. The molecular weight excluding hydrogens is 122 g/mol. The topological polar surface area (TPSA) is 3.24 Å². The molecule has 1 aliphatic heterocycles. The summed E-state index contributed by atoms with van der Waals surface area (Å²) in [6.07, 6.45) is 0. The third kappa shape index (κ3) is 1.51. The Bertz CT molecular complexity index is 99.3. The first-order valence-corrected chi connectivity index (χ1v) is 4.29. The molecule has 0 aromatic rings. The standard InChI is InChI=1S/C9H19N/c1-7-5-10(4)6-8(2)9(7)3/h7-9H,5-6H2,1-4H3/t7-,8+,9?. The average molecular weight is 141 g/mol. The van der Waals surface area contributed by atoms with Gasteiger partial charge in [0.25, 0.3) is 0 Å². The van der Waals surface area contributed by atoms with E-state index >= 15 is 0 Å². The maximum atomic E-state index is 2.44. The minimum absolute atomic E-state index is 0.883. The van der Waals surface area contributed by atoms with Crippen LogP contribution in [-0.4, -0.2) is 25.0 Å². The highest BCUT2D eigenvalue weighted by Crippen LogP contribution is 2.26. The van der Waals surface area contributed by atoms with Crippen molar-refractivity contribution < 1.29 is 0 Å². The summed E-state index contributed by atoms with van der Waals surface area (Å²) < 4.78 is 0. The van der Waals surface area contributed by atoms with Gasteiger partial charge in [-0.25, -0.2) is 0 Å². The zero-order valence-electron chi connectivity index (χ0n) is 7.59. The minimum atomic E-state index is 0.883. The number of likely N-dealkylation sites (tertiary alicyclic amines) is 1. The molecule has 0 aromatic carbocycles. The van der Waals surface area contributed by atoms with Crippen LogP contribution in [0.15, 0.2) is 0 Å². The molecular formula is C9H19N. The molecule has 0 radical (unpaired) electrons. The fourth-order valence-corrected chi connectivity index (χ4v) is 1.95. The summed E-state index contributed by atoms with van der Waals surface area (Å²) in [5.74, 6) is 2.68. The lowest BCUT2D eigenvalue weighted by molar-refractivity contribution is 0.110. The molecule has 0 aliphatic carbocycles. The van der Waals surface area contributed by atoms with Crippen LogP contribution in [0.2, 0.25) is 0 Å². The number of hydrogen-bond donors (Lipinski definition) is 0. The molecule has 0 bridgehead atoms. The predicted molar refractivity (Wildman–Crippen MR) is 45.0 cm³/mol. The Hall–Kier alpha value is -0.0400. The summed E-state index contributed by atoms with van der Waals surface area (Å²) in [4.78, 5) is 2.44. The number of hydrogen-bond acceptors (Lipinski definition) is 1. The summed E-state index contributed by atoms with van der Waals surface area (Å²) in [7, 11) is 2.22. The lowest BCUT2D eigenvalue weighted by Crippen LogP contribution is -2.41. The molecule has 1 heteroatoms. The number of nitrogens with zero attached hydrogens (tertiary/aromatic N) is 1. The average Bonchev–Trinajstić information content (AvgIpc) is 1.82. The zero-order valence-corrected chi connectivity index (χ0v) is 7.59. The molecule has 0 amide bonds. The molecule has 1 saturated heterocycles. The summed E-state index contributed by atoms with van der Waals surface area (Å²) in [6.45, 7) is 9.66. The first-order chi connectivity index (χ1) is 4.61. The van der Waals surface area contributed by atoms with Gasteiger partial charge in [-0.1, -0.05) is 20.8 Å². The van der Waals surface area contributed by atoms with E-state index in [0.717, 1.165) is 17.8 Å². The lowest BCUT2D eigenvalue weighted by Gasteiger charge is -2.37. The van der Waals surface area contributed by atoms with E-state index in [4.69, 9.17) is 0 Å². The van der Waals surface area contributed by atoms with E-state index in [9.17, 15) is 0 Å². The molecule has 1 fully saturated rings. The van der Waals surface area contributed by atoms with E-state index in [0.29, 0.717) is 0 Å². The summed E-state index contributed by atoms with van der Waals surface area (Å²) in [6, 6.07) is 0. The van der Waals surface area contributed by atoms with Gasteiger partial charge in [-0.2, -0.15) is 0 Å². The van der Waals surface area contributed by atoms with Crippen LogP contribution in [0.25, 0.3) is 0 Å². The van der Waals surface area contributed by atoms with Gasteiger partial charge in [-0.15, -0.1) is 0 Å². The second-order valence-corrected chi connectivity index (χ2v) is 4.03. The van der Waals surface area contributed by atoms with E-state index < -0.39 is 0 Å². The molecule has 0 saturated carbocycles. The Kier molecular flexibility index (Phi) is 2.35. The van der Waals surface area contributed by atoms with Gasteiger partial charge in [0.2, 0.25) is 0 Å². The Morgan fingerprint density at radius 1 is 1.00 bits per heavy atom. The largest absolute Gasteiger partial charge is 0.306 e. The number of piperidine rings is 1. The van der Waals surface area contributed by atoms with Gasteiger partial charge in [0.1, 0.15) is 0 Å². The van der Waals surface area contributed by atoms with Crippen LogP contribution in [0.3, 0.4) is 0 Å². The molecule has 60 valence electrons. The fourth-order valence-electron chi connectivity index (χ4n) is 1.95. The molecule has 1 heterocycles. The monoisotopic (exact) mass is 141 g/mol. The molecule has 0 aromatic heterocycles. The van der Waals surface area contributed by atoms with Crippen LogP contribution >= 0.6 is 0 Å². The Morgan fingerprint density at radius 3 is 1.80 bits per heavy atom. The van der Waals surface area contributed by atoms with Crippen molar-refractivity contribution in [3.8, 4) is 0 Å². The highest BCUT2D eigenvalue weighted by Gasteiger charge is 2.26. The second-order valence-electron chi connectivity index (χ2n) is 4.03. The van der Waals surface area contributed by atoms with Gasteiger partial charge in [-0.3, -0.25) is 0 Å². The molecule has 1 aliphatic rings. The fraction of sp³-hybridized carbons (Fsp3) is 1.00. The van der Waals surface area contributed by atoms with Crippen molar-refractivity contribution in [2.24, 2.45) is 17.8 Å². The van der Waals surface area contributed by atoms with Crippen molar-refractivity contribution in [1.82, 2.24) is 4.90 Å². The van der Waals surface area contributed by atoms with Gasteiger partial charge in [0.05, 0.1) is 0 Å². The maximum absolute atomic E-state index is 2.44. The molecule has 1 unspecified atom stereocenters. The first kappa shape index (κ1) is 8.06. The second kappa shape index (κ2) is 2.91. The highest BCUT2D eigenvalue weighted by molar-refractivity contribution is 4.77. The molecule has 3 atom stereocenters. The summed E-state index contributed by atoms with van der Waals surface area (Å²) >= 11 is 0. The van der Waals surface area contributed by atoms with Gasteiger partial charge >= 0.3 is 0 Å². The number of rotatable bonds is 0. The van der Waals surface area contributed by atoms with Gasteiger partial charge in [0.15, 0.2) is 0 Å². The molecule has 0 N–H and O–H groups in total. The summed E-state index contributed by atoms with van der Waals surface area (Å²) in [5.41, 5.74) is 0. The third-order valence-electron chi connectivity index (χ3n) is 2.99. The Morgan fingerprint density at radius 2 is 1.40 bits per heavy atom. The SMILES string of the molecule is CC1[C@H](C)CN(C)C[C@@H]1C. The van der Waals surface area contributed by atoms with Gasteiger partial charge < -0.3 is 4.90 Å². The van der Waals surface area contributed by atoms with Crippen LogP contribution in [0.4, 0.5) is 0 Å². The first-order valence-electron chi connectivity index (χ1n) is 4.29. The highest BCUT2D eigenvalue weighted by atomic mass is 15.1. The van der Waals surface area contributed by atoms with Crippen LogP contribution in [0.1, 0.15) is 20.8 Å². The van der Waals surface area contributed by atoms with Gasteiger partial charge in [0, 0.05) is 13.1 Å². The van der Waals surface area contributed by atoms with Crippen LogP contribution in [-0.2, 0) is 0 Å². The van der Waals surface area contributed by atoms with Gasteiger partial charge in [-0.05, 0) is 24.8 Å². The van der Waals surface area contributed by atoms with Crippen molar-refractivity contribution in [2.45, 2.75) is 20.8 Å². The van der Waals surface area contributed by atoms with E-state index in [1.807, 2.05) is 0 Å². The minimum Gasteiger partial charge on any atom is -0.306 e. The van der Waals surface area contributed by atoms with E-state index in [2.05, 4.69) is 32.7 Å². The van der Waals surface area contributed by atoms with Crippen LogP contribution < -0.4 is 0 Å². The zero-order chi connectivity index (χ0) is 7.72. The van der Waals surface area contributed by atoms with Crippen molar-refractivity contribution in [1.29, 1.82) is 0 Å². The Balaban J connectivity index is 2.49.